The molecule has 1 aliphatic heterocycles. The van der Waals surface area contributed by atoms with Crippen LogP contribution < -0.4 is 10.0 Å². The fourth-order valence-corrected chi connectivity index (χ4v) is 4.14. The van der Waals surface area contributed by atoms with Crippen molar-refractivity contribution in [3.63, 3.8) is 0 Å². The minimum Gasteiger partial charge on any atom is -0.339 e. The molecule has 0 bridgehead atoms. The van der Waals surface area contributed by atoms with Gasteiger partial charge in [0.25, 0.3) is 0 Å². The van der Waals surface area contributed by atoms with E-state index < -0.39 is 28.1 Å². The Labute approximate surface area is 161 Å². The van der Waals surface area contributed by atoms with Crippen LogP contribution in [0.15, 0.2) is 29.2 Å². The minimum absolute atomic E-state index is 0.0322. The fourth-order valence-electron chi connectivity index (χ4n) is 2.94. The van der Waals surface area contributed by atoms with Crippen LogP contribution in [-0.4, -0.2) is 49.9 Å². The van der Waals surface area contributed by atoms with E-state index in [1.807, 2.05) is 6.92 Å². The molecule has 7 nitrogen and oxygen atoms in total. The number of sulfonamides is 1. The molecule has 156 valence electrons. The number of likely N-dealkylation sites (tertiary alicyclic amines) is 1. The average molecular weight is 421 g/mol. The average Bonchev–Trinajstić information content (AvgIpc) is 2.61. The molecule has 1 heterocycles. The predicted molar refractivity (Wildman–Crippen MR) is 95.9 cm³/mol. The van der Waals surface area contributed by atoms with Crippen molar-refractivity contribution in [2.45, 2.75) is 56.3 Å². The highest BCUT2D eigenvalue weighted by atomic mass is 32.2. The molecule has 1 aliphatic rings. The number of alkyl halides is 3. The van der Waals surface area contributed by atoms with Crippen LogP contribution in [0, 0.1) is 0 Å². The van der Waals surface area contributed by atoms with E-state index >= 15 is 0 Å². The lowest BCUT2D eigenvalue weighted by Gasteiger charge is -2.35. The Morgan fingerprint density at radius 3 is 2.32 bits per heavy atom. The number of hydrogen-bond donors (Lipinski definition) is 2. The van der Waals surface area contributed by atoms with Crippen molar-refractivity contribution in [2.24, 2.45) is 0 Å². The van der Waals surface area contributed by atoms with Gasteiger partial charge in [-0.1, -0.05) is 0 Å². The Morgan fingerprint density at radius 2 is 1.79 bits per heavy atom. The van der Waals surface area contributed by atoms with Crippen molar-refractivity contribution in [2.75, 3.05) is 11.9 Å². The molecule has 1 fully saturated rings. The van der Waals surface area contributed by atoms with E-state index in [1.54, 1.807) is 10.2 Å². The summed E-state index contributed by atoms with van der Waals surface area (Å²) in [5.41, 5.74) is -0.201. The topological polar surface area (TPSA) is 95.6 Å². The highest BCUT2D eigenvalue weighted by molar-refractivity contribution is 7.89. The van der Waals surface area contributed by atoms with Crippen LogP contribution in [0.5, 0.6) is 0 Å². The Kier molecular flexibility index (Phi) is 6.71. The van der Waals surface area contributed by atoms with E-state index in [-0.39, 0.29) is 22.5 Å². The van der Waals surface area contributed by atoms with Gasteiger partial charge in [0, 0.05) is 18.3 Å². The van der Waals surface area contributed by atoms with Crippen LogP contribution in [0.2, 0.25) is 0 Å². The van der Waals surface area contributed by atoms with Crippen LogP contribution in [0.4, 0.5) is 18.9 Å². The lowest BCUT2D eigenvalue weighted by molar-refractivity contribution is -0.167. The maximum atomic E-state index is 12.5. The Balaban J connectivity index is 2.05. The van der Waals surface area contributed by atoms with Gasteiger partial charge in [0.2, 0.25) is 15.9 Å². The first kappa shape index (κ1) is 22.2. The zero-order chi connectivity index (χ0) is 21.1. The molecule has 2 N–H and O–H groups in total. The molecule has 11 heteroatoms. The van der Waals surface area contributed by atoms with Gasteiger partial charge in [-0.2, -0.15) is 17.9 Å². The zero-order valence-electron chi connectivity index (χ0n) is 15.4. The quantitative estimate of drug-likeness (QED) is 0.762. The number of anilines is 1. The number of rotatable bonds is 5. The molecule has 0 saturated carbocycles. The second kappa shape index (κ2) is 8.48. The normalized spacial score (nSPS) is 19.2. The van der Waals surface area contributed by atoms with Crippen molar-refractivity contribution in [1.82, 2.24) is 9.62 Å². The van der Waals surface area contributed by atoms with Gasteiger partial charge in [0.1, 0.15) is 0 Å². The number of benzene rings is 1. The molecule has 0 radical (unpaired) electrons. The van der Waals surface area contributed by atoms with Crippen LogP contribution in [0.3, 0.4) is 0 Å². The summed E-state index contributed by atoms with van der Waals surface area (Å²) in [7, 11) is -4.07. The molecule has 2 unspecified atom stereocenters. The van der Waals surface area contributed by atoms with Gasteiger partial charge >= 0.3 is 12.1 Å². The van der Waals surface area contributed by atoms with E-state index in [0.717, 1.165) is 43.5 Å². The third-order valence-electron chi connectivity index (χ3n) is 4.47. The lowest BCUT2D eigenvalue weighted by Crippen LogP contribution is -2.51. The number of amides is 2. The molecule has 2 atom stereocenters. The summed E-state index contributed by atoms with van der Waals surface area (Å²) in [4.78, 5) is 24.8. The van der Waals surface area contributed by atoms with Crippen molar-refractivity contribution in [3.05, 3.63) is 24.3 Å². The summed E-state index contributed by atoms with van der Waals surface area (Å²) in [6.07, 6.45) is -2.31. The molecule has 1 saturated heterocycles. The second-order valence-corrected chi connectivity index (χ2v) is 8.41. The van der Waals surface area contributed by atoms with Crippen molar-refractivity contribution in [3.8, 4) is 0 Å². The molecular formula is C17H22F3N3O4S. The Morgan fingerprint density at radius 1 is 1.18 bits per heavy atom. The molecule has 2 rings (SSSR count). The highest BCUT2D eigenvalue weighted by Crippen LogP contribution is 2.21. The first-order valence-electron chi connectivity index (χ1n) is 8.73. The van der Waals surface area contributed by atoms with Gasteiger partial charge in [-0.05, 0) is 57.4 Å². The number of carbonyl (C=O) groups excluding carboxylic acids is 2. The lowest BCUT2D eigenvalue weighted by atomic mass is 10.0. The molecular weight excluding hydrogens is 399 g/mol. The molecule has 2 amide bonds. The summed E-state index contributed by atoms with van der Waals surface area (Å²) < 4.78 is 63.9. The summed E-state index contributed by atoms with van der Waals surface area (Å²) in [5, 5.41) is 1.63. The van der Waals surface area contributed by atoms with Crippen LogP contribution in [0.1, 0.15) is 33.1 Å². The van der Waals surface area contributed by atoms with Gasteiger partial charge in [-0.25, -0.2) is 8.42 Å². The summed E-state index contributed by atoms with van der Waals surface area (Å²) in [5.74, 6) is -2.49. The third kappa shape index (κ3) is 5.44. The molecule has 1 aromatic carbocycles. The van der Waals surface area contributed by atoms with Crippen LogP contribution >= 0.6 is 0 Å². The molecule has 1 aromatic rings. The van der Waals surface area contributed by atoms with E-state index in [1.165, 1.54) is 6.92 Å². The van der Waals surface area contributed by atoms with Gasteiger partial charge in [-0.15, -0.1) is 0 Å². The summed E-state index contributed by atoms with van der Waals surface area (Å²) >= 11 is 0. The van der Waals surface area contributed by atoms with Crippen molar-refractivity contribution < 1.29 is 31.2 Å². The second-order valence-electron chi connectivity index (χ2n) is 6.70. The third-order valence-corrected chi connectivity index (χ3v) is 6.02. The first-order chi connectivity index (χ1) is 12.9. The molecule has 28 heavy (non-hydrogen) atoms. The standard InChI is InChI=1S/C17H22F3N3O4S/c1-11-5-3-4-10-23(11)15(24)12(2)22-28(26,27)14-8-6-13(7-9-14)21-16(25)17(18,19)20/h6-9,11-12,22H,3-5,10H2,1-2H3,(H,21,25). The highest BCUT2D eigenvalue weighted by Gasteiger charge is 2.38. The molecule has 0 aromatic heterocycles. The zero-order valence-corrected chi connectivity index (χ0v) is 16.2. The monoisotopic (exact) mass is 421 g/mol. The number of nitrogens with one attached hydrogen (secondary N) is 2. The van der Waals surface area contributed by atoms with Gasteiger partial charge in [0.05, 0.1) is 10.9 Å². The fraction of sp³-hybridized carbons (Fsp3) is 0.529. The maximum absolute atomic E-state index is 12.5. The Hall–Kier alpha value is -2.14. The molecule has 0 aliphatic carbocycles. The van der Waals surface area contributed by atoms with E-state index in [4.69, 9.17) is 0 Å². The predicted octanol–water partition coefficient (Wildman–Crippen LogP) is 2.26. The number of carbonyl (C=O) groups is 2. The number of hydrogen-bond acceptors (Lipinski definition) is 4. The first-order valence-corrected chi connectivity index (χ1v) is 10.2. The van der Waals surface area contributed by atoms with E-state index in [0.29, 0.717) is 6.54 Å². The van der Waals surface area contributed by atoms with Gasteiger partial charge in [-0.3, -0.25) is 9.59 Å². The summed E-state index contributed by atoms with van der Waals surface area (Å²) in [6.45, 7) is 3.92. The Bertz CT molecular complexity index is 825. The minimum atomic E-state index is -5.05. The summed E-state index contributed by atoms with van der Waals surface area (Å²) in [6, 6.07) is 3.22. The number of nitrogens with zero attached hydrogens (tertiary/aromatic N) is 1. The van der Waals surface area contributed by atoms with E-state index in [2.05, 4.69) is 4.72 Å². The largest absolute Gasteiger partial charge is 0.471 e. The van der Waals surface area contributed by atoms with Gasteiger partial charge in [0.15, 0.2) is 0 Å². The van der Waals surface area contributed by atoms with Crippen LogP contribution in [0.25, 0.3) is 0 Å². The van der Waals surface area contributed by atoms with Crippen LogP contribution in [-0.2, 0) is 19.6 Å². The molecule has 0 spiro atoms. The van der Waals surface area contributed by atoms with Crippen molar-refractivity contribution in [1.29, 1.82) is 0 Å². The van der Waals surface area contributed by atoms with Gasteiger partial charge < -0.3 is 10.2 Å². The number of halogens is 3. The number of piperidine rings is 1. The smallest absolute Gasteiger partial charge is 0.339 e. The van der Waals surface area contributed by atoms with E-state index in [9.17, 15) is 31.2 Å². The SMILES string of the molecule is CC(NS(=O)(=O)c1ccc(NC(=O)C(F)(F)F)cc1)C(=O)N1CCCCC1C. The maximum Gasteiger partial charge on any atom is 0.471 e. The van der Waals surface area contributed by atoms with Crippen molar-refractivity contribution >= 4 is 27.5 Å².